The molecule has 0 saturated carbocycles. The van der Waals surface area contributed by atoms with Crippen LogP contribution in [-0.4, -0.2) is 29.0 Å². The van der Waals surface area contributed by atoms with E-state index in [9.17, 15) is 9.90 Å². The third-order valence-corrected chi connectivity index (χ3v) is 6.17. The van der Waals surface area contributed by atoms with Crippen LogP contribution in [0.15, 0.2) is 54.6 Å². The van der Waals surface area contributed by atoms with Crippen LogP contribution in [0, 0.1) is 0 Å². The number of benzene rings is 2. The molecule has 1 unspecified atom stereocenters. The quantitative estimate of drug-likeness (QED) is 0.910. The van der Waals surface area contributed by atoms with Crippen molar-refractivity contribution in [3.63, 3.8) is 0 Å². The van der Waals surface area contributed by atoms with Crippen LogP contribution in [0.3, 0.4) is 0 Å². The van der Waals surface area contributed by atoms with Crippen LogP contribution in [0.4, 0.5) is 0 Å². The highest BCUT2D eigenvalue weighted by Crippen LogP contribution is 2.36. The van der Waals surface area contributed by atoms with Gasteiger partial charge in [-0.15, -0.1) is 0 Å². The second-order valence-corrected chi connectivity index (χ2v) is 7.77. The van der Waals surface area contributed by atoms with E-state index >= 15 is 0 Å². The number of nitrogens with zero attached hydrogens (tertiary/aromatic N) is 1. The van der Waals surface area contributed by atoms with Gasteiger partial charge in [-0.3, -0.25) is 4.79 Å². The molecule has 3 heteroatoms. The predicted octanol–water partition coefficient (Wildman–Crippen LogP) is 4.01. The van der Waals surface area contributed by atoms with Crippen molar-refractivity contribution < 1.29 is 9.90 Å². The summed E-state index contributed by atoms with van der Waals surface area (Å²) < 4.78 is 0. The van der Waals surface area contributed by atoms with E-state index in [0.29, 0.717) is 38.3 Å². The maximum Gasteiger partial charge on any atom is 0.223 e. The maximum atomic E-state index is 12.9. The molecular weight excluding hydrogens is 322 g/mol. The van der Waals surface area contributed by atoms with E-state index in [-0.39, 0.29) is 5.91 Å². The summed E-state index contributed by atoms with van der Waals surface area (Å²) >= 11 is 0. The number of carbonyl (C=O) groups excluding carboxylic acids is 1. The Morgan fingerprint density at radius 2 is 1.73 bits per heavy atom. The summed E-state index contributed by atoms with van der Waals surface area (Å²) in [7, 11) is 0. The second-order valence-electron chi connectivity index (χ2n) is 7.77. The maximum absolute atomic E-state index is 12.9. The summed E-state index contributed by atoms with van der Waals surface area (Å²) in [6.07, 6.45) is 5.23. The highest BCUT2D eigenvalue weighted by molar-refractivity contribution is 5.77. The number of rotatable bonds is 3. The van der Waals surface area contributed by atoms with Gasteiger partial charge in [0.05, 0.1) is 5.60 Å². The third kappa shape index (κ3) is 3.41. The van der Waals surface area contributed by atoms with Gasteiger partial charge in [-0.05, 0) is 54.7 Å². The van der Waals surface area contributed by atoms with Crippen LogP contribution in [0.5, 0.6) is 0 Å². The van der Waals surface area contributed by atoms with Crippen molar-refractivity contribution >= 4 is 5.91 Å². The molecule has 2 aliphatic rings. The Balaban J connectivity index is 1.39. The fourth-order valence-electron chi connectivity index (χ4n) is 4.57. The molecular formula is C23H27NO2. The largest absolute Gasteiger partial charge is 0.385 e. The highest BCUT2D eigenvalue weighted by Gasteiger charge is 2.36. The number of hydrogen-bond donors (Lipinski definition) is 1. The number of piperidine rings is 1. The van der Waals surface area contributed by atoms with Crippen molar-refractivity contribution in [1.82, 2.24) is 4.90 Å². The van der Waals surface area contributed by atoms with Gasteiger partial charge in [-0.1, -0.05) is 54.6 Å². The topological polar surface area (TPSA) is 40.5 Å². The molecule has 1 N–H and O–H groups in total. The minimum atomic E-state index is -0.796. The first-order valence-electron chi connectivity index (χ1n) is 9.79. The molecule has 0 bridgehead atoms. The van der Waals surface area contributed by atoms with Crippen LogP contribution in [-0.2, 0) is 16.8 Å². The number of fused-ring (bicyclic) bond motifs is 1. The molecule has 1 saturated heterocycles. The van der Waals surface area contributed by atoms with E-state index in [2.05, 4.69) is 24.3 Å². The molecule has 1 atom stereocenters. The van der Waals surface area contributed by atoms with Gasteiger partial charge in [0.2, 0.25) is 5.91 Å². The molecule has 136 valence electrons. The Hall–Kier alpha value is -2.13. The smallest absolute Gasteiger partial charge is 0.223 e. The fraction of sp³-hybridized carbons (Fsp3) is 0.435. The van der Waals surface area contributed by atoms with Crippen molar-refractivity contribution in [1.29, 1.82) is 0 Å². The van der Waals surface area contributed by atoms with Crippen molar-refractivity contribution in [2.24, 2.45) is 0 Å². The minimum absolute atomic E-state index is 0.238. The summed E-state index contributed by atoms with van der Waals surface area (Å²) in [5, 5.41) is 11.0. The Kier molecular flexibility index (Phi) is 4.82. The molecule has 0 aromatic heterocycles. The molecule has 1 amide bonds. The lowest BCUT2D eigenvalue weighted by Gasteiger charge is -2.39. The molecule has 1 aliphatic carbocycles. The number of aryl methyl sites for hydroxylation is 1. The van der Waals surface area contributed by atoms with Gasteiger partial charge < -0.3 is 10.0 Å². The fourth-order valence-corrected chi connectivity index (χ4v) is 4.57. The summed E-state index contributed by atoms with van der Waals surface area (Å²) in [6.45, 7) is 1.27. The number of hydrogen-bond acceptors (Lipinski definition) is 2. The molecule has 0 spiro atoms. The predicted molar refractivity (Wildman–Crippen MR) is 103 cm³/mol. The van der Waals surface area contributed by atoms with Crippen LogP contribution >= 0.6 is 0 Å². The number of likely N-dealkylation sites (tertiary alicyclic amines) is 1. The molecule has 1 fully saturated rings. The van der Waals surface area contributed by atoms with Gasteiger partial charge in [0, 0.05) is 19.5 Å². The average molecular weight is 349 g/mol. The van der Waals surface area contributed by atoms with E-state index in [0.717, 1.165) is 18.4 Å². The van der Waals surface area contributed by atoms with Crippen LogP contribution in [0.2, 0.25) is 0 Å². The van der Waals surface area contributed by atoms with Gasteiger partial charge in [0.25, 0.3) is 0 Å². The lowest BCUT2D eigenvalue weighted by molar-refractivity contribution is -0.136. The molecule has 4 rings (SSSR count). The standard InChI is InChI=1S/C23H27NO2/c25-22(17-19-9-6-8-18-7-4-5-12-21(18)19)24-15-13-23(26,14-16-24)20-10-2-1-3-11-20/h1-5,7,10-12,19,26H,6,8-9,13-17H2. The van der Waals surface area contributed by atoms with Gasteiger partial charge in [-0.2, -0.15) is 0 Å². The summed E-state index contributed by atoms with van der Waals surface area (Å²) in [5.41, 5.74) is 2.95. The molecule has 0 radical (unpaired) electrons. The molecule has 2 aromatic carbocycles. The van der Waals surface area contributed by atoms with Gasteiger partial charge in [0.15, 0.2) is 0 Å². The average Bonchev–Trinajstić information content (AvgIpc) is 2.69. The zero-order valence-corrected chi connectivity index (χ0v) is 15.2. The van der Waals surface area contributed by atoms with Crippen molar-refractivity contribution in [3.05, 3.63) is 71.3 Å². The summed E-state index contributed by atoms with van der Waals surface area (Å²) in [6, 6.07) is 18.4. The van der Waals surface area contributed by atoms with E-state index < -0.39 is 5.60 Å². The van der Waals surface area contributed by atoms with Crippen LogP contribution < -0.4 is 0 Å². The summed E-state index contributed by atoms with van der Waals surface area (Å²) in [5.74, 6) is 0.587. The van der Waals surface area contributed by atoms with E-state index in [4.69, 9.17) is 0 Å². The third-order valence-electron chi connectivity index (χ3n) is 6.17. The summed E-state index contributed by atoms with van der Waals surface area (Å²) in [4.78, 5) is 14.8. The Morgan fingerprint density at radius 1 is 1.04 bits per heavy atom. The Bertz CT molecular complexity index is 763. The van der Waals surface area contributed by atoms with E-state index in [1.165, 1.54) is 17.5 Å². The SMILES string of the molecule is O=C(CC1CCCc2ccccc21)N1CCC(O)(c2ccccc2)CC1. The van der Waals surface area contributed by atoms with Gasteiger partial charge in [0.1, 0.15) is 0 Å². The van der Waals surface area contributed by atoms with Crippen LogP contribution in [0.1, 0.15) is 54.7 Å². The zero-order chi connectivity index (χ0) is 18.0. The molecule has 3 nitrogen and oxygen atoms in total. The molecule has 1 aliphatic heterocycles. The normalized spacial score (nSPS) is 21.9. The van der Waals surface area contributed by atoms with E-state index in [1.807, 2.05) is 35.2 Å². The first kappa shape index (κ1) is 17.3. The van der Waals surface area contributed by atoms with Crippen LogP contribution in [0.25, 0.3) is 0 Å². The number of carbonyl (C=O) groups is 1. The van der Waals surface area contributed by atoms with E-state index in [1.54, 1.807) is 0 Å². The molecule has 26 heavy (non-hydrogen) atoms. The first-order chi connectivity index (χ1) is 12.7. The Labute approximate surface area is 155 Å². The number of aliphatic hydroxyl groups is 1. The lowest BCUT2D eigenvalue weighted by atomic mass is 9.80. The Morgan fingerprint density at radius 3 is 2.50 bits per heavy atom. The molecule has 2 aromatic rings. The van der Waals surface area contributed by atoms with Crippen molar-refractivity contribution in [3.8, 4) is 0 Å². The lowest BCUT2D eigenvalue weighted by Crippen LogP contribution is -2.45. The second kappa shape index (κ2) is 7.24. The molecule has 1 heterocycles. The zero-order valence-electron chi connectivity index (χ0n) is 15.2. The van der Waals surface area contributed by atoms with Crippen molar-refractivity contribution in [2.75, 3.05) is 13.1 Å². The first-order valence-corrected chi connectivity index (χ1v) is 9.79. The monoisotopic (exact) mass is 349 g/mol. The van der Waals surface area contributed by atoms with Crippen molar-refractivity contribution in [2.45, 2.75) is 50.0 Å². The van der Waals surface area contributed by atoms with Gasteiger partial charge >= 0.3 is 0 Å². The minimum Gasteiger partial charge on any atom is -0.385 e. The number of amides is 1. The highest BCUT2D eigenvalue weighted by atomic mass is 16.3. The van der Waals surface area contributed by atoms with Gasteiger partial charge in [-0.25, -0.2) is 0 Å².